The molecule has 0 heterocycles. The van der Waals surface area contributed by atoms with E-state index in [0.29, 0.717) is 17.6 Å². The molecule has 0 saturated heterocycles. The van der Waals surface area contributed by atoms with Crippen LogP contribution >= 0.6 is 0 Å². The molecule has 0 bridgehead atoms. The number of ether oxygens (including phenoxy) is 1. The first-order chi connectivity index (χ1) is 10.6. The van der Waals surface area contributed by atoms with Crippen molar-refractivity contribution in [3.8, 4) is 0 Å². The number of carbonyl (C=O) groups excluding carboxylic acids is 2. The molecule has 4 rings (SSSR count). The van der Waals surface area contributed by atoms with Gasteiger partial charge in [-0.25, -0.2) is 0 Å². The third kappa shape index (κ3) is 2.41. The monoisotopic (exact) mass is 304 g/mol. The van der Waals surface area contributed by atoms with Crippen molar-refractivity contribution in [3.63, 3.8) is 0 Å². The molecular weight excluding hydrogens is 276 g/mol. The van der Waals surface area contributed by atoms with Crippen LogP contribution in [0.1, 0.15) is 64.7 Å². The lowest BCUT2D eigenvalue weighted by Gasteiger charge is -2.52. The summed E-state index contributed by atoms with van der Waals surface area (Å²) in [5.41, 5.74) is 0. The van der Waals surface area contributed by atoms with Crippen molar-refractivity contribution in [1.82, 2.24) is 0 Å². The van der Waals surface area contributed by atoms with Crippen LogP contribution in [-0.4, -0.2) is 17.9 Å². The molecule has 122 valence electrons. The largest absolute Gasteiger partial charge is 0.463 e. The maximum absolute atomic E-state index is 12.1. The molecule has 0 N–H and O–H groups in total. The van der Waals surface area contributed by atoms with Gasteiger partial charge < -0.3 is 4.74 Å². The average Bonchev–Trinajstić information content (AvgIpc) is 2.88. The second-order valence-corrected chi connectivity index (χ2v) is 8.23. The van der Waals surface area contributed by atoms with Gasteiger partial charge in [-0.05, 0) is 81.0 Å². The molecule has 3 nitrogen and oxygen atoms in total. The highest BCUT2D eigenvalue weighted by atomic mass is 16.5. The van der Waals surface area contributed by atoms with Gasteiger partial charge in [-0.1, -0.05) is 0 Å². The molecule has 0 unspecified atom stereocenters. The molecule has 7 atom stereocenters. The zero-order valence-electron chi connectivity index (χ0n) is 13.6. The van der Waals surface area contributed by atoms with Crippen molar-refractivity contribution in [3.05, 3.63) is 0 Å². The molecule has 0 spiro atoms. The van der Waals surface area contributed by atoms with Gasteiger partial charge in [0, 0.05) is 19.3 Å². The lowest BCUT2D eigenvalue weighted by Crippen LogP contribution is -2.46. The van der Waals surface area contributed by atoms with E-state index >= 15 is 0 Å². The van der Waals surface area contributed by atoms with Crippen LogP contribution in [0.2, 0.25) is 0 Å². The number of carbonyl (C=O) groups is 2. The number of rotatable bonds is 1. The predicted octanol–water partition coefficient (Wildman–Crippen LogP) is 3.75. The molecule has 4 fully saturated rings. The van der Waals surface area contributed by atoms with E-state index in [4.69, 9.17) is 4.74 Å². The summed E-state index contributed by atoms with van der Waals surface area (Å²) in [6, 6.07) is 0. The summed E-state index contributed by atoms with van der Waals surface area (Å²) >= 11 is 0. The molecule has 0 aromatic carbocycles. The van der Waals surface area contributed by atoms with Crippen molar-refractivity contribution >= 4 is 11.8 Å². The second-order valence-electron chi connectivity index (χ2n) is 8.23. The second kappa shape index (κ2) is 5.65. The summed E-state index contributed by atoms with van der Waals surface area (Å²) in [5.74, 6) is 4.67. The molecule has 4 aliphatic rings. The van der Waals surface area contributed by atoms with E-state index in [9.17, 15) is 9.59 Å². The maximum atomic E-state index is 12.1. The fourth-order valence-corrected chi connectivity index (χ4v) is 6.54. The van der Waals surface area contributed by atoms with E-state index in [1.54, 1.807) is 0 Å². The number of hydrogen-bond donors (Lipinski definition) is 0. The standard InChI is InChI=1S/C19H28O3/c1-11(20)22-13-4-2-12-3-5-14-15-8-9-19(21)17(15)7-6-16(14)18(12)10-13/h12-18H,2-10H2,1H3/t12-,13-,14+,15+,16+,17+,18+/m1/s1. The Morgan fingerprint density at radius 2 is 1.64 bits per heavy atom. The van der Waals surface area contributed by atoms with Gasteiger partial charge in [-0.15, -0.1) is 0 Å². The first-order valence-electron chi connectivity index (χ1n) is 9.33. The lowest BCUT2D eigenvalue weighted by molar-refractivity contribution is -0.152. The Kier molecular flexibility index (Phi) is 3.78. The normalized spacial score (nSPS) is 47.3. The van der Waals surface area contributed by atoms with Gasteiger partial charge in [0.2, 0.25) is 0 Å². The average molecular weight is 304 g/mol. The molecule has 3 heteroatoms. The first-order valence-corrected chi connectivity index (χ1v) is 9.33. The molecule has 22 heavy (non-hydrogen) atoms. The van der Waals surface area contributed by atoms with Crippen molar-refractivity contribution in [2.24, 2.45) is 35.5 Å². The van der Waals surface area contributed by atoms with Crippen molar-refractivity contribution in [2.45, 2.75) is 70.8 Å². The molecule has 0 aromatic heterocycles. The number of esters is 1. The molecule has 0 aliphatic heterocycles. The number of ketones is 1. The highest BCUT2D eigenvalue weighted by molar-refractivity contribution is 5.83. The fraction of sp³-hybridized carbons (Fsp3) is 0.895. The lowest BCUT2D eigenvalue weighted by atomic mass is 9.53. The zero-order chi connectivity index (χ0) is 15.3. The predicted molar refractivity (Wildman–Crippen MR) is 83.1 cm³/mol. The van der Waals surface area contributed by atoms with Gasteiger partial charge in [0.1, 0.15) is 11.9 Å². The van der Waals surface area contributed by atoms with Gasteiger partial charge in [-0.3, -0.25) is 9.59 Å². The van der Waals surface area contributed by atoms with Gasteiger partial charge in [0.15, 0.2) is 0 Å². The van der Waals surface area contributed by atoms with E-state index in [1.165, 1.54) is 32.6 Å². The quantitative estimate of drug-likeness (QED) is 0.693. The van der Waals surface area contributed by atoms with Crippen LogP contribution in [0.5, 0.6) is 0 Å². The van der Waals surface area contributed by atoms with Crippen LogP contribution in [0.15, 0.2) is 0 Å². The Morgan fingerprint density at radius 3 is 2.45 bits per heavy atom. The third-order valence-electron chi connectivity index (χ3n) is 7.32. The highest BCUT2D eigenvalue weighted by Crippen LogP contribution is 2.57. The summed E-state index contributed by atoms with van der Waals surface area (Å²) in [5, 5.41) is 0. The topological polar surface area (TPSA) is 43.4 Å². The number of fused-ring (bicyclic) bond motifs is 5. The minimum atomic E-state index is -0.124. The molecule has 0 radical (unpaired) electrons. The third-order valence-corrected chi connectivity index (χ3v) is 7.32. The molecule has 0 aromatic rings. The minimum Gasteiger partial charge on any atom is -0.463 e. The highest BCUT2D eigenvalue weighted by Gasteiger charge is 2.51. The van der Waals surface area contributed by atoms with Gasteiger partial charge in [0.25, 0.3) is 0 Å². The van der Waals surface area contributed by atoms with Crippen LogP contribution < -0.4 is 0 Å². The van der Waals surface area contributed by atoms with E-state index in [1.807, 2.05) is 0 Å². The SMILES string of the molecule is CC(=O)O[C@@H]1CC[C@@H]2CC[C@@H]3[C@H](CC[C@@H]4C(=O)CC[C@@H]34)[C@H]2C1. The molecular formula is C19H28O3. The van der Waals surface area contributed by atoms with Crippen molar-refractivity contribution in [1.29, 1.82) is 0 Å². The Labute approximate surface area is 133 Å². The summed E-state index contributed by atoms with van der Waals surface area (Å²) in [6.07, 6.45) is 10.6. The van der Waals surface area contributed by atoms with Gasteiger partial charge in [0.05, 0.1) is 0 Å². The van der Waals surface area contributed by atoms with E-state index in [2.05, 4.69) is 0 Å². The van der Waals surface area contributed by atoms with Crippen LogP contribution in [0.25, 0.3) is 0 Å². The van der Waals surface area contributed by atoms with Gasteiger partial charge >= 0.3 is 5.97 Å². The Hall–Kier alpha value is -0.860. The summed E-state index contributed by atoms with van der Waals surface area (Å²) in [7, 11) is 0. The van der Waals surface area contributed by atoms with Crippen LogP contribution in [0.3, 0.4) is 0 Å². The number of hydrogen-bond acceptors (Lipinski definition) is 3. The van der Waals surface area contributed by atoms with Crippen LogP contribution in [0.4, 0.5) is 0 Å². The van der Waals surface area contributed by atoms with E-state index in [-0.39, 0.29) is 12.1 Å². The minimum absolute atomic E-state index is 0.124. The van der Waals surface area contributed by atoms with Crippen molar-refractivity contribution in [2.75, 3.05) is 0 Å². The maximum Gasteiger partial charge on any atom is 0.302 e. The summed E-state index contributed by atoms with van der Waals surface area (Å²) < 4.78 is 5.53. The van der Waals surface area contributed by atoms with E-state index < -0.39 is 0 Å². The summed E-state index contributed by atoms with van der Waals surface area (Å²) in [6.45, 7) is 1.53. The van der Waals surface area contributed by atoms with Gasteiger partial charge in [-0.2, -0.15) is 0 Å². The van der Waals surface area contributed by atoms with E-state index in [0.717, 1.165) is 55.8 Å². The Morgan fingerprint density at radius 1 is 0.909 bits per heavy atom. The fourth-order valence-electron chi connectivity index (χ4n) is 6.54. The molecule has 4 saturated carbocycles. The van der Waals surface area contributed by atoms with Crippen LogP contribution in [-0.2, 0) is 14.3 Å². The smallest absolute Gasteiger partial charge is 0.302 e. The zero-order valence-corrected chi connectivity index (χ0v) is 13.6. The molecule has 4 aliphatic carbocycles. The molecule has 0 amide bonds. The Balaban J connectivity index is 1.50. The Bertz CT molecular complexity index is 471. The van der Waals surface area contributed by atoms with Crippen molar-refractivity contribution < 1.29 is 14.3 Å². The van der Waals surface area contributed by atoms with Crippen LogP contribution in [0, 0.1) is 35.5 Å². The number of Topliss-reactive ketones (excluding diaryl/α,β-unsaturated/α-hetero) is 1. The summed E-state index contributed by atoms with van der Waals surface area (Å²) in [4.78, 5) is 23.4. The first kappa shape index (κ1) is 14.7.